The molecule has 1 atom stereocenters. The molecule has 0 bridgehead atoms. The summed E-state index contributed by atoms with van der Waals surface area (Å²) in [6.07, 6.45) is 0.732. The van der Waals surface area contributed by atoms with Crippen molar-refractivity contribution < 1.29 is 4.79 Å². The number of nitrogens with zero attached hydrogens (tertiary/aromatic N) is 5. The van der Waals surface area contributed by atoms with Crippen molar-refractivity contribution >= 4 is 40.7 Å². The third-order valence-electron chi connectivity index (χ3n) is 4.15. The first-order chi connectivity index (χ1) is 12.0. The summed E-state index contributed by atoms with van der Waals surface area (Å²) in [5.41, 5.74) is 2.63. The lowest BCUT2D eigenvalue weighted by Gasteiger charge is -2.17. The summed E-state index contributed by atoms with van der Waals surface area (Å²) in [4.78, 5) is 23.3. The highest BCUT2D eigenvalue weighted by Gasteiger charge is 2.35. The van der Waals surface area contributed by atoms with Gasteiger partial charge >= 0.3 is 0 Å². The van der Waals surface area contributed by atoms with E-state index >= 15 is 0 Å². The highest BCUT2D eigenvalue weighted by molar-refractivity contribution is 8.00. The zero-order chi connectivity index (χ0) is 17.6. The Kier molecular flexibility index (Phi) is 4.13. The molecule has 1 aliphatic heterocycles. The van der Waals surface area contributed by atoms with Crippen molar-refractivity contribution in [3.05, 3.63) is 46.7 Å². The van der Waals surface area contributed by atoms with Gasteiger partial charge in [0, 0.05) is 17.9 Å². The normalized spacial score (nSPS) is 17.6. The quantitative estimate of drug-likeness (QED) is 0.704. The molecule has 0 saturated carbocycles. The standard InChI is InChI=1S/C17H16ClN5OS/c1-10-9-11(2)23-16(19-10)20-17(21-23)25-14-7-8-22(15(14)24)13-6-4-3-5-12(13)18/h3-6,9,14H,7-8H2,1-2H3. The van der Waals surface area contributed by atoms with Gasteiger partial charge in [-0.1, -0.05) is 35.5 Å². The van der Waals surface area contributed by atoms with Gasteiger partial charge in [0.15, 0.2) is 0 Å². The second-order valence-corrected chi connectivity index (χ2v) is 7.56. The molecule has 2 aromatic heterocycles. The van der Waals surface area contributed by atoms with E-state index in [9.17, 15) is 4.79 Å². The van der Waals surface area contributed by atoms with E-state index in [1.807, 2.05) is 38.1 Å². The molecule has 1 aliphatic rings. The van der Waals surface area contributed by atoms with E-state index < -0.39 is 0 Å². The Morgan fingerprint density at radius 3 is 2.84 bits per heavy atom. The Bertz CT molecular complexity index is 973. The van der Waals surface area contributed by atoms with Crippen molar-refractivity contribution in [3.8, 4) is 0 Å². The van der Waals surface area contributed by atoms with E-state index in [2.05, 4.69) is 15.1 Å². The van der Waals surface area contributed by atoms with E-state index in [0.29, 0.717) is 22.5 Å². The number of aromatic nitrogens is 4. The van der Waals surface area contributed by atoms with Crippen molar-refractivity contribution in [1.29, 1.82) is 0 Å². The van der Waals surface area contributed by atoms with Gasteiger partial charge in [-0.15, -0.1) is 5.10 Å². The van der Waals surface area contributed by atoms with Gasteiger partial charge in [-0.25, -0.2) is 9.50 Å². The minimum Gasteiger partial charge on any atom is -0.310 e. The minimum absolute atomic E-state index is 0.0396. The zero-order valence-corrected chi connectivity index (χ0v) is 15.4. The van der Waals surface area contributed by atoms with E-state index in [4.69, 9.17) is 11.6 Å². The fourth-order valence-corrected chi connectivity index (χ4v) is 4.20. The average molecular weight is 374 g/mol. The number of para-hydroxylation sites is 1. The number of benzene rings is 1. The van der Waals surface area contributed by atoms with Crippen LogP contribution in [0, 0.1) is 13.8 Å². The summed E-state index contributed by atoms with van der Waals surface area (Å²) >= 11 is 7.61. The van der Waals surface area contributed by atoms with Crippen LogP contribution in [0.4, 0.5) is 5.69 Å². The number of anilines is 1. The first-order valence-electron chi connectivity index (χ1n) is 7.96. The van der Waals surface area contributed by atoms with Gasteiger partial charge in [0.05, 0.1) is 16.0 Å². The lowest BCUT2D eigenvalue weighted by Crippen LogP contribution is -2.28. The van der Waals surface area contributed by atoms with E-state index in [1.165, 1.54) is 11.8 Å². The molecule has 128 valence electrons. The number of carbonyl (C=O) groups excluding carboxylic acids is 1. The molecular weight excluding hydrogens is 358 g/mol. The number of rotatable bonds is 3. The van der Waals surface area contributed by atoms with E-state index in [1.54, 1.807) is 15.5 Å². The first kappa shape index (κ1) is 16.4. The van der Waals surface area contributed by atoms with Crippen LogP contribution in [0.15, 0.2) is 35.5 Å². The second kappa shape index (κ2) is 6.31. The summed E-state index contributed by atoms with van der Waals surface area (Å²) in [7, 11) is 0. The molecule has 0 spiro atoms. The van der Waals surface area contributed by atoms with Crippen molar-refractivity contribution in [2.24, 2.45) is 0 Å². The summed E-state index contributed by atoms with van der Waals surface area (Å²) in [5.74, 6) is 0.603. The van der Waals surface area contributed by atoms with Crippen LogP contribution in [0.25, 0.3) is 5.78 Å². The molecular formula is C17H16ClN5OS. The molecule has 0 aliphatic carbocycles. The number of fused-ring (bicyclic) bond motifs is 1. The molecule has 0 N–H and O–H groups in total. The van der Waals surface area contributed by atoms with Gasteiger partial charge in [0.1, 0.15) is 0 Å². The van der Waals surface area contributed by atoms with Gasteiger partial charge < -0.3 is 4.90 Å². The van der Waals surface area contributed by atoms with E-state index in [0.717, 1.165) is 23.5 Å². The molecule has 3 aromatic rings. The first-order valence-corrected chi connectivity index (χ1v) is 9.22. The van der Waals surface area contributed by atoms with Crippen LogP contribution in [-0.4, -0.2) is 37.3 Å². The third-order valence-corrected chi connectivity index (χ3v) is 5.57. The molecule has 6 nitrogen and oxygen atoms in total. The predicted octanol–water partition coefficient (Wildman–Crippen LogP) is 3.29. The number of thioether (sulfide) groups is 1. The number of halogens is 1. The van der Waals surface area contributed by atoms with E-state index in [-0.39, 0.29) is 11.2 Å². The Morgan fingerprint density at radius 2 is 2.04 bits per heavy atom. The van der Waals surface area contributed by atoms with Gasteiger partial charge in [0.2, 0.25) is 11.1 Å². The maximum atomic E-state index is 12.8. The number of aryl methyl sites for hydroxylation is 2. The van der Waals surface area contributed by atoms with Crippen molar-refractivity contribution in [2.45, 2.75) is 30.7 Å². The van der Waals surface area contributed by atoms with Crippen molar-refractivity contribution in [3.63, 3.8) is 0 Å². The van der Waals surface area contributed by atoms with Gasteiger partial charge in [-0.05, 0) is 38.5 Å². The highest BCUT2D eigenvalue weighted by atomic mass is 35.5. The molecule has 25 heavy (non-hydrogen) atoms. The van der Waals surface area contributed by atoms with Crippen LogP contribution in [-0.2, 0) is 4.79 Å². The van der Waals surface area contributed by atoms with Crippen LogP contribution in [0.5, 0.6) is 0 Å². The van der Waals surface area contributed by atoms with Crippen LogP contribution in [0.1, 0.15) is 17.8 Å². The highest BCUT2D eigenvalue weighted by Crippen LogP contribution is 2.34. The Morgan fingerprint density at radius 1 is 1.24 bits per heavy atom. The maximum absolute atomic E-state index is 12.8. The molecule has 1 amide bonds. The Balaban J connectivity index is 1.57. The lowest BCUT2D eigenvalue weighted by molar-refractivity contribution is -0.116. The number of carbonyl (C=O) groups is 1. The monoisotopic (exact) mass is 373 g/mol. The van der Waals surface area contributed by atoms with Crippen LogP contribution in [0.3, 0.4) is 0 Å². The molecule has 3 heterocycles. The van der Waals surface area contributed by atoms with Gasteiger partial charge in [-0.2, -0.15) is 4.98 Å². The summed E-state index contributed by atoms with van der Waals surface area (Å²) < 4.78 is 1.71. The summed E-state index contributed by atoms with van der Waals surface area (Å²) in [6, 6.07) is 9.36. The molecule has 1 saturated heterocycles. The second-order valence-electron chi connectivity index (χ2n) is 5.98. The summed E-state index contributed by atoms with van der Waals surface area (Å²) in [5, 5.41) is 5.42. The van der Waals surface area contributed by atoms with Gasteiger partial charge in [-0.3, -0.25) is 4.79 Å². The van der Waals surface area contributed by atoms with Crippen molar-refractivity contribution in [2.75, 3.05) is 11.4 Å². The maximum Gasteiger partial charge on any atom is 0.253 e. The smallest absolute Gasteiger partial charge is 0.253 e. The number of amides is 1. The molecule has 8 heteroatoms. The zero-order valence-electron chi connectivity index (χ0n) is 13.8. The molecule has 1 aromatic carbocycles. The number of hydrogen-bond acceptors (Lipinski definition) is 5. The average Bonchev–Trinajstić information content (AvgIpc) is 3.13. The minimum atomic E-state index is -0.213. The topological polar surface area (TPSA) is 63.4 Å². The number of hydrogen-bond donors (Lipinski definition) is 0. The molecule has 1 fully saturated rings. The van der Waals surface area contributed by atoms with Crippen LogP contribution < -0.4 is 4.90 Å². The summed E-state index contributed by atoms with van der Waals surface area (Å²) in [6.45, 7) is 4.53. The SMILES string of the molecule is Cc1cc(C)n2nc(SC3CCN(c4ccccc4Cl)C3=O)nc2n1. The molecule has 0 radical (unpaired) electrons. The Labute approximate surface area is 154 Å². The fourth-order valence-electron chi connectivity index (χ4n) is 3.00. The largest absolute Gasteiger partial charge is 0.310 e. The fraction of sp³-hybridized carbons (Fsp3) is 0.294. The molecule has 4 rings (SSSR count). The van der Waals surface area contributed by atoms with Crippen LogP contribution in [0.2, 0.25) is 5.02 Å². The predicted molar refractivity (Wildman–Crippen MR) is 98.3 cm³/mol. The third kappa shape index (κ3) is 2.98. The van der Waals surface area contributed by atoms with Crippen LogP contribution >= 0.6 is 23.4 Å². The molecule has 1 unspecified atom stereocenters. The lowest BCUT2D eigenvalue weighted by atomic mass is 10.3. The van der Waals surface area contributed by atoms with Crippen molar-refractivity contribution in [1.82, 2.24) is 19.6 Å². The Hall–Kier alpha value is -2.12. The van der Waals surface area contributed by atoms with Gasteiger partial charge in [0.25, 0.3) is 5.78 Å².